The molecule has 26 heavy (non-hydrogen) atoms. The molecule has 0 aromatic heterocycles. The molecule has 1 aliphatic heterocycles. The Bertz CT molecular complexity index is 894. The number of nitrogens with one attached hydrogen (secondary N) is 1. The molecule has 0 spiro atoms. The molecule has 2 aromatic rings. The number of carbonyl (C=O) groups is 2. The zero-order valence-corrected chi connectivity index (χ0v) is 15.7. The third kappa shape index (κ3) is 4.18. The molecule has 132 valence electrons. The number of rotatable bonds is 5. The number of nitrogens with zero attached hydrogens (tertiary/aromatic N) is 1. The van der Waals surface area contributed by atoms with Crippen LogP contribution in [0.2, 0.25) is 5.02 Å². The lowest BCUT2D eigenvalue weighted by molar-refractivity contribution is -0.122. The lowest BCUT2D eigenvalue weighted by Gasteiger charge is -2.16. The predicted molar refractivity (Wildman–Crippen MR) is 108 cm³/mol. The Morgan fingerprint density at radius 1 is 1.12 bits per heavy atom. The van der Waals surface area contributed by atoms with Gasteiger partial charge in [-0.1, -0.05) is 60.2 Å². The summed E-state index contributed by atoms with van der Waals surface area (Å²) in [5.41, 5.74) is 2.70. The van der Waals surface area contributed by atoms with Crippen LogP contribution in [0.25, 0.3) is 6.08 Å². The molecule has 0 radical (unpaired) electrons. The molecular formula is C20H17ClN2O2S. The summed E-state index contributed by atoms with van der Waals surface area (Å²) in [5.74, 6) is -0.301. The van der Waals surface area contributed by atoms with Gasteiger partial charge in [0.05, 0.1) is 11.6 Å². The third-order valence-electron chi connectivity index (χ3n) is 3.90. The van der Waals surface area contributed by atoms with Crippen molar-refractivity contribution in [3.63, 3.8) is 0 Å². The lowest BCUT2D eigenvalue weighted by atomic mass is 10.2. The van der Waals surface area contributed by atoms with Crippen LogP contribution in [0.15, 0.2) is 65.6 Å². The van der Waals surface area contributed by atoms with Crippen molar-refractivity contribution in [3.05, 3.63) is 81.7 Å². The van der Waals surface area contributed by atoms with Crippen LogP contribution in [0.1, 0.15) is 11.1 Å². The second-order valence-corrected chi connectivity index (χ2v) is 7.05. The highest BCUT2D eigenvalue weighted by Crippen LogP contribution is 2.31. The van der Waals surface area contributed by atoms with E-state index >= 15 is 0 Å². The van der Waals surface area contributed by atoms with Crippen molar-refractivity contribution in [2.45, 2.75) is 6.92 Å². The molecule has 0 saturated carbocycles. The molecule has 2 aromatic carbocycles. The number of benzene rings is 2. The maximum atomic E-state index is 12.4. The van der Waals surface area contributed by atoms with Crippen molar-refractivity contribution in [2.24, 2.45) is 0 Å². The van der Waals surface area contributed by atoms with Crippen LogP contribution in [-0.2, 0) is 4.79 Å². The molecule has 1 saturated heterocycles. The molecule has 4 nitrogen and oxygen atoms in total. The van der Waals surface area contributed by atoms with Crippen molar-refractivity contribution in [2.75, 3.05) is 12.0 Å². The molecule has 1 N–H and O–H groups in total. The lowest BCUT2D eigenvalue weighted by Crippen LogP contribution is -2.33. The summed E-state index contributed by atoms with van der Waals surface area (Å²) >= 11 is 7.03. The van der Waals surface area contributed by atoms with Crippen LogP contribution in [0.3, 0.4) is 0 Å². The second-order valence-electron chi connectivity index (χ2n) is 5.65. The SMILES string of the molecule is Cc1c(Cl)cccc1NCN1C(=O)SC(=CC=Cc2ccccc2)C1=O. The van der Waals surface area contributed by atoms with E-state index < -0.39 is 0 Å². The standard InChI is InChI=1S/C20H17ClN2O2S/c1-14-16(21)10-6-11-17(14)22-13-23-19(24)18(26-20(23)25)12-5-9-15-7-3-2-4-8-15/h2-12,22H,13H2,1H3. The van der Waals surface area contributed by atoms with Crippen LogP contribution < -0.4 is 5.32 Å². The number of hydrogen-bond acceptors (Lipinski definition) is 4. The smallest absolute Gasteiger partial charge is 0.295 e. The minimum Gasteiger partial charge on any atom is -0.367 e. The van der Waals surface area contributed by atoms with Gasteiger partial charge in [-0.3, -0.25) is 14.5 Å². The van der Waals surface area contributed by atoms with Gasteiger partial charge in [0, 0.05) is 10.7 Å². The van der Waals surface area contributed by atoms with Gasteiger partial charge in [0.15, 0.2) is 0 Å². The maximum Gasteiger partial charge on any atom is 0.295 e. The number of carbonyl (C=O) groups excluding carboxylic acids is 2. The van der Waals surface area contributed by atoms with E-state index in [1.807, 2.05) is 55.5 Å². The maximum absolute atomic E-state index is 12.4. The Balaban J connectivity index is 1.66. The monoisotopic (exact) mass is 384 g/mol. The summed E-state index contributed by atoms with van der Waals surface area (Å²) in [6, 6.07) is 15.2. The van der Waals surface area contributed by atoms with E-state index in [9.17, 15) is 9.59 Å². The summed E-state index contributed by atoms with van der Waals surface area (Å²) in [7, 11) is 0. The minimum absolute atomic E-state index is 0.103. The van der Waals surface area contributed by atoms with Crippen molar-refractivity contribution >= 4 is 46.3 Å². The van der Waals surface area contributed by atoms with Gasteiger partial charge in [0.2, 0.25) is 0 Å². The van der Waals surface area contributed by atoms with E-state index in [2.05, 4.69) is 5.32 Å². The molecular weight excluding hydrogens is 368 g/mol. The summed E-state index contributed by atoms with van der Waals surface area (Å²) in [6.07, 6.45) is 5.34. The molecule has 0 aliphatic carbocycles. The van der Waals surface area contributed by atoms with Gasteiger partial charge < -0.3 is 5.32 Å². The van der Waals surface area contributed by atoms with Crippen LogP contribution in [0.4, 0.5) is 10.5 Å². The number of hydrogen-bond donors (Lipinski definition) is 1. The Kier molecular flexibility index (Phi) is 5.81. The molecule has 3 rings (SSSR count). The van der Waals surface area contributed by atoms with Gasteiger partial charge in [-0.2, -0.15) is 0 Å². The normalized spacial score (nSPS) is 16.1. The number of allylic oxidation sites excluding steroid dienone is 2. The molecule has 0 bridgehead atoms. The second kappa shape index (κ2) is 8.25. The molecule has 1 aliphatic rings. The van der Waals surface area contributed by atoms with Gasteiger partial charge in [0.1, 0.15) is 0 Å². The largest absolute Gasteiger partial charge is 0.367 e. The Hall–Kier alpha value is -2.50. The van der Waals surface area contributed by atoms with E-state index in [1.165, 1.54) is 4.90 Å². The first-order chi connectivity index (χ1) is 12.6. The highest BCUT2D eigenvalue weighted by molar-refractivity contribution is 8.18. The first-order valence-corrected chi connectivity index (χ1v) is 9.22. The van der Waals surface area contributed by atoms with Crippen LogP contribution in [-0.4, -0.2) is 22.7 Å². The molecule has 2 amide bonds. The first-order valence-electron chi connectivity index (χ1n) is 8.02. The number of imide groups is 1. The summed E-state index contributed by atoms with van der Waals surface area (Å²) in [5, 5.41) is 3.44. The fourth-order valence-electron chi connectivity index (χ4n) is 2.42. The van der Waals surface area contributed by atoms with Gasteiger partial charge in [-0.25, -0.2) is 0 Å². The number of amides is 2. The van der Waals surface area contributed by atoms with Crippen LogP contribution in [0.5, 0.6) is 0 Å². The van der Waals surface area contributed by atoms with Crippen molar-refractivity contribution in [1.29, 1.82) is 0 Å². The molecule has 6 heteroatoms. The summed E-state index contributed by atoms with van der Waals surface area (Å²) in [4.78, 5) is 26.2. The van der Waals surface area contributed by atoms with Crippen molar-refractivity contribution in [3.8, 4) is 0 Å². The van der Waals surface area contributed by atoms with E-state index in [4.69, 9.17) is 11.6 Å². The van der Waals surface area contributed by atoms with E-state index in [0.29, 0.717) is 9.93 Å². The highest BCUT2D eigenvalue weighted by Gasteiger charge is 2.34. The van der Waals surface area contributed by atoms with Crippen molar-refractivity contribution in [1.82, 2.24) is 4.90 Å². The van der Waals surface area contributed by atoms with Gasteiger partial charge >= 0.3 is 0 Å². The first kappa shape index (κ1) is 18.3. The number of anilines is 1. The Morgan fingerprint density at radius 2 is 1.88 bits per heavy atom. The number of halogens is 1. The summed E-state index contributed by atoms with van der Waals surface area (Å²) < 4.78 is 0. The topological polar surface area (TPSA) is 49.4 Å². The minimum atomic E-state index is -0.301. The average Bonchev–Trinajstić information content (AvgIpc) is 2.91. The summed E-state index contributed by atoms with van der Waals surface area (Å²) in [6.45, 7) is 1.98. The fraction of sp³-hybridized carbons (Fsp3) is 0.100. The van der Waals surface area contributed by atoms with Crippen LogP contribution >= 0.6 is 23.4 Å². The molecule has 0 unspecified atom stereocenters. The number of thioether (sulfide) groups is 1. The van der Waals surface area contributed by atoms with E-state index in [0.717, 1.165) is 28.6 Å². The Labute approximate surface area is 161 Å². The fourth-order valence-corrected chi connectivity index (χ4v) is 3.39. The predicted octanol–water partition coefficient (Wildman–Crippen LogP) is 5.31. The highest BCUT2D eigenvalue weighted by atomic mass is 35.5. The van der Waals surface area contributed by atoms with Gasteiger partial charge in [-0.15, -0.1) is 0 Å². The molecule has 1 heterocycles. The van der Waals surface area contributed by atoms with Gasteiger partial charge in [0.25, 0.3) is 11.1 Å². The molecule has 0 atom stereocenters. The average molecular weight is 385 g/mol. The Morgan fingerprint density at radius 3 is 2.65 bits per heavy atom. The quantitative estimate of drug-likeness (QED) is 0.709. The molecule has 1 fully saturated rings. The third-order valence-corrected chi connectivity index (χ3v) is 5.24. The van der Waals surface area contributed by atoms with E-state index in [1.54, 1.807) is 18.2 Å². The zero-order chi connectivity index (χ0) is 18.5. The zero-order valence-electron chi connectivity index (χ0n) is 14.1. The van der Waals surface area contributed by atoms with Gasteiger partial charge in [-0.05, 0) is 48.0 Å². The van der Waals surface area contributed by atoms with Crippen LogP contribution in [0, 0.1) is 6.92 Å². The van der Waals surface area contributed by atoms with E-state index in [-0.39, 0.29) is 17.8 Å². The van der Waals surface area contributed by atoms with Crippen molar-refractivity contribution < 1.29 is 9.59 Å².